The third-order valence-electron chi connectivity index (χ3n) is 2.23. The number of H-pyrrole nitrogens is 1. The van der Waals surface area contributed by atoms with Crippen molar-refractivity contribution in [3.8, 4) is 0 Å². The number of hydrogen-bond donors (Lipinski definition) is 1. The van der Waals surface area contributed by atoms with E-state index < -0.39 is 0 Å². The van der Waals surface area contributed by atoms with Gasteiger partial charge < -0.3 is 0 Å². The highest BCUT2D eigenvalue weighted by molar-refractivity contribution is 9.10. The van der Waals surface area contributed by atoms with Crippen LogP contribution >= 0.6 is 31.9 Å². The molecule has 1 aromatic rings. The molecule has 0 spiro atoms. The largest absolute Gasteiger partial charge is 0.295 e. The predicted octanol–water partition coefficient (Wildman–Crippen LogP) is 1.92. The first-order valence-corrected chi connectivity index (χ1v) is 6.19. The Bertz CT molecular complexity index is 352. The molecule has 0 aromatic carbocycles. The second-order valence-electron chi connectivity index (χ2n) is 3.30. The lowest BCUT2D eigenvalue weighted by molar-refractivity contribution is -0.117. The SMILES string of the molecule is O=C1CC(CBr)CN1c1cc(Br)[nH]n1. The molecule has 2 rings (SSSR count). The number of halogens is 2. The summed E-state index contributed by atoms with van der Waals surface area (Å²) in [5, 5.41) is 7.66. The van der Waals surface area contributed by atoms with Crippen molar-refractivity contribution in [2.75, 3.05) is 16.8 Å². The van der Waals surface area contributed by atoms with E-state index in [1.807, 2.05) is 6.07 Å². The lowest BCUT2D eigenvalue weighted by Crippen LogP contribution is -2.24. The molecule has 0 saturated carbocycles. The Balaban J connectivity index is 2.16. The standard InChI is InChI=1S/C8H9Br2N3O/c9-3-5-1-8(14)13(4-5)7-2-6(10)11-12-7/h2,5H,1,3-4H2,(H,11,12). The van der Waals surface area contributed by atoms with E-state index in [0.29, 0.717) is 18.2 Å². The van der Waals surface area contributed by atoms with Crippen LogP contribution in [0.1, 0.15) is 6.42 Å². The van der Waals surface area contributed by atoms with Gasteiger partial charge in [0.05, 0.1) is 0 Å². The van der Waals surface area contributed by atoms with E-state index in [-0.39, 0.29) is 5.91 Å². The van der Waals surface area contributed by atoms with Crippen LogP contribution in [0, 0.1) is 5.92 Å². The zero-order chi connectivity index (χ0) is 10.1. The van der Waals surface area contributed by atoms with E-state index in [1.165, 1.54) is 0 Å². The zero-order valence-corrected chi connectivity index (χ0v) is 10.5. The number of carbonyl (C=O) groups excluding carboxylic acids is 1. The highest BCUT2D eigenvalue weighted by Gasteiger charge is 2.30. The number of aromatic nitrogens is 2. The van der Waals surface area contributed by atoms with Gasteiger partial charge in [0, 0.05) is 24.4 Å². The van der Waals surface area contributed by atoms with Crippen molar-refractivity contribution in [1.29, 1.82) is 0 Å². The number of aromatic amines is 1. The number of carbonyl (C=O) groups is 1. The maximum absolute atomic E-state index is 11.6. The summed E-state index contributed by atoms with van der Waals surface area (Å²) in [6, 6.07) is 1.81. The van der Waals surface area contributed by atoms with Crippen molar-refractivity contribution in [3.63, 3.8) is 0 Å². The molecule has 1 amide bonds. The Morgan fingerprint density at radius 3 is 3.00 bits per heavy atom. The predicted molar refractivity (Wildman–Crippen MR) is 60.5 cm³/mol. The second-order valence-corrected chi connectivity index (χ2v) is 4.80. The highest BCUT2D eigenvalue weighted by atomic mass is 79.9. The normalized spacial score (nSPS) is 22.0. The summed E-state index contributed by atoms with van der Waals surface area (Å²) in [7, 11) is 0. The van der Waals surface area contributed by atoms with Gasteiger partial charge in [0.25, 0.3) is 0 Å². The Morgan fingerprint density at radius 2 is 2.50 bits per heavy atom. The second kappa shape index (κ2) is 4.02. The summed E-state index contributed by atoms with van der Waals surface area (Å²) in [5.41, 5.74) is 0. The van der Waals surface area contributed by atoms with Crippen molar-refractivity contribution in [2.45, 2.75) is 6.42 Å². The smallest absolute Gasteiger partial charge is 0.228 e. The highest BCUT2D eigenvalue weighted by Crippen LogP contribution is 2.25. The van der Waals surface area contributed by atoms with Gasteiger partial charge in [-0.15, -0.1) is 0 Å². The Morgan fingerprint density at radius 1 is 1.71 bits per heavy atom. The number of hydrogen-bond acceptors (Lipinski definition) is 2. The van der Waals surface area contributed by atoms with Crippen LogP contribution in [-0.4, -0.2) is 28.0 Å². The third kappa shape index (κ3) is 1.86. The summed E-state index contributed by atoms with van der Waals surface area (Å²) in [5.74, 6) is 1.25. The number of anilines is 1. The number of nitrogens with zero attached hydrogens (tertiary/aromatic N) is 2. The molecule has 2 heterocycles. The van der Waals surface area contributed by atoms with Crippen LogP contribution in [0.15, 0.2) is 10.7 Å². The first-order chi connectivity index (χ1) is 6.70. The average Bonchev–Trinajstić information content (AvgIpc) is 2.71. The summed E-state index contributed by atoms with van der Waals surface area (Å²) < 4.78 is 0.794. The molecule has 4 nitrogen and oxygen atoms in total. The van der Waals surface area contributed by atoms with Crippen LogP contribution in [0.25, 0.3) is 0 Å². The number of amides is 1. The minimum absolute atomic E-state index is 0.147. The van der Waals surface area contributed by atoms with Crippen LogP contribution < -0.4 is 4.90 Å². The minimum Gasteiger partial charge on any atom is -0.295 e. The first kappa shape index (κ1) is 10.2. The molecular weight excluding hydrogens is 314 g/mol. The van der Waals surface area contributed by atoms with E-state index in [9.17, 15) is 4.79 Å². The topological polar surface area (TPSA) is 49.0 Å². The molecule has 1 saturated heterocycles. The van der Waals surface area contributed by atoms with Crippen molar-refractivity contribution in [2.24, 2.45) is 5.92 Å². The molecule has 0 radical (unpaired) electrons. The molecule has 6 heteroatoms. The van der Waals surface area contributed by atoms with Crippen molar-refractivity contribution >= 4 is 43.6 Å². The average molecular weight is 323 g/mol. The Hall–Kier alpha value is -0.360. The van der Waals surface area contributed by atoms with Crippen LogP contribution in [-0.2, 0) is 4.79 Å². The molecule has 0 aliphatic carbocycles. The van der Waals surface area contributed by atoms with Crippen LogP contribution in [0.4, 0.5) is 5.82 Å². The molecule has 14 heavy (non-hydrogen) atoms. The number of rotatable bonds is 2. The molecular formula is C8H9Br2N3O. The molecule has 0 bridgehead atoms. The van der Waals surface area contributed by atoms with Crippen LogP contribution in [0.5, 0.6) is 0 Å². The number of nitrogens with one attached hydrogen (secondary N) is 1. The van der Waals surface area contributed by atoms with Crippen LogP contribution in [0.2, 0.25) is 0 Å². The maximum atomic E-state index is 11.6. The van der Waals surface area contributed by atoms with Crippen LogP contribution in [0.3, 0.4) is 0 Å². The third-order valence-corrected chi connectivity index (χ3v) is 3.55. The van der Waals surface area contributed by atoms with Gasteiger partial charge in [0.15, 0.2) is 5.82 Å². The van der Waals surface area contributed by atoms with Crippen molar-refractivity contribution < 1.29 is 4.79 Å². The fourth-order valence-electron chi connectivity index (χ4n) is 1.53. The fraction of sp³-hybridized carbons (Fsp3) is 0.500. The maximum Gasteiger partial charge on any atom is 0.228 e. The molecule has 1 N–H and O–H groups in total. The van der Waals surface area contributed by atoms with Gasteiger partial charge in [-0.2, -0.15) is 5.10 Å². The molecule has 1 fully saturated rings. The lowest BCUT2D eigenvalue weighted by atomic mass is 10.2. The van der Waals surface area contributed by atoms with E-state index in [1.54, 1.807) is 4.90 Å². The molecule has 1 aliphatic rings. The molecule has 1 unspecified atom stereocenters. The number of alkyl halides is 1. The Kier molecular flexibility index (Phi) is 2.92. The van der Waals surface area contributed by atoms with E-state index in [0.717, 1.165) is 16.5 Å². The van der Waals surface area contributed by atoms with Gasteiger partial charge in [-0.3, -0.25) is 14.8 Å². The quantitative estimate of drug-likeness (QED) is 0.846. The van der Waals surface area contributed by atoms with Gasteiger partial charge in [-0.25, -0.2) is 0 Å². The van der Waals surface area contributed by atoms with E-state index in [2.05, 4.69) is 42.1 Å². The van der Waals surface area contributed by atoms with Gasteiger partial charge >= 0.3 is 0 Å². The van der Waals surface area contributed by atoms with E-state index >= 15 is 0 Å². The first-order valence-electron chi connectivity index (χ1n) is 4.28. The fourth-order valence-corrected chi connectivity index (χ4v) is 2.26. The molecule has 1 atom stereocenters. The summed E-state index contributed by atoms with van der Waals surface area (Å²) >= 11 is 6.66. The Labute approximate surface area is 98.3 Å². The summed E-state index contributed by atoms with van der Waals surface area (Å²) in [4.78, 5) is 13.3. The van der Waals surface area contributed by atoms with Crippen molar-refractivity contribution in [1.82, 2.24) is 10.2 Å². The molecule has 1 aromatic heterocycles. The van der Waals surface area contributed by atoms with Gasteiger partial charge in [0.1, 0.15) is 4.60 Å². The lowest BCUT2D eigenvalue weighted by Gasteiger charge is -2.11. The molecule has 1 aliphatic heterocycles. The molecule has 76 valence electrons. The monoisotopic (exact) mass is 321 g/mol. The van der Waals surface area contributed by atoms with Gasteiger partial charge in [-0.05, 0) is 21.8 Å². The minimum atomic E-state index is 0.147. The summed E-state index contributed by atoms with van der Waals surface area (Å²) in [6.45, 7) is 0.751. The van der Waals surface area contributed by atoms with Crippen molar-refractivity contribution in [3.05, 3.63) is 10.7 Å². The summed E-state index contributed by atoms with van der Waals surface area (Å²) in [6.07, 6.45) is 0.607. The zero-order valence-electron chi connectivity index (χ0n) is 7.33. The van der Waals surface area contributed by atoms with E-state index in [4.69, 9.17) is 0 Å². The van der Waals surface area contributed by atoms with Gasteiger partial charge in [0.2, 0.25) is 5.91 Å². The van der Waals surface area contributed by atoms with Gasteiger partial charge in [-0.1, -0.05) is 15.9 Å².